The van der Waals surface area contributed by atoms with Crippen LogP contribution in [0.25, 0.3) is 11.3 Å². The summed E-state index contributed by atoms with van der Waals surface area (Å²) in [6, 6.07) is 7.41. The number of nitrogen functional groups attached to an aromatic ring is 1. The van der Waals surface area contributed by atoms with E-state index >= 15 is 0 Å². The second-order valence-electron chi connectivity index (χ2n) is 3.63. The highest BCUT2D eigenvalue weighted by Crippen LogP contribution is 2.24. The number of hydrogen-bond acceptors (Lipinski definition) is 5. The van der Waals surface area contributed by atoms with Gasteiger partial charge in [-0.05, 0) is 12.1 Å². The molecule has 0 aliphatic heterocycles. The van der Waals surface area contributed by atoms with Crippen LogP contribution in [-0.4, -0.2) is 24.6 Å². The lowest BCUT2D eigenvalue weighted by molar-refractivity contribution is -0.119. The molecule has 5 nitrogen and oxygen atoms in total. The van der Waals surface area contributed by atoms with E-state index in [1.165, 1.54) is 18.4 Å². The number of benzene rings is 1. The van der Waals surface area contributed by atoms with Gasteiger partial charge in [-0.2, -0.15) is 0 Å². The molecule has 0 saturated carbocycles. The van der Waals surface area contributed by atoms with Gasteiger partial charge < -0.3 is 15.8 Å². The number of hydrogen-bond donors (Lipinski definition) is 2. The molecule has 0 aliphatic carbocycles. The van der Waals surface area contributed by atoms with E-state index in [0.29, 0.717) is 5.13 Å². The summed E-state index contributed by atoms with van der Waals surface area (Å²) in [5, 5.41) is 5.16. The first kappa shape index (κ1) is 12.5. The fourth-order valence-electron chi connectivity index (χ4n) is 1.47. The Morgan fingerprint density at radius 2 is 2.17 bits per heavy atom. The smallest absolute Gasteiger partial charge is 0.250 e. The number of nitrogens with one attached hydrogen (secondary N) is 1. The second kappa shape index (κ2) is 5.61. The molecule has 94 valence electrons. The highest BCUT2D eigenvalue weighted by atomic mass is 32.1. The van der Waals surface area contributed by atoms with E-state index < -0.39 is 0 Å². The molecular formula is C12H13N3O2S. The molecule has 0 aliphatic rings. The molecule has 0 spiro atoms. The Labute approximate surface area is 109 Å². The minimum atomic E-state index is -0.178. The normalized spacial score (nSPS) is 10.3. The summed E-state index contributed by atoms with van der Waals surface area (Å²) in [5.74, 6) is -0.178. The molecule has 1 aromatic carbocycles. The van der Waals surface area contributed by atoms with Crippen molar-refractivity contribution in [1.29, 1.82) is 0 Å². The van der Waals surface area contributed by atoms with Crippen molar-refractivity contribution in [2.45, 2.75) is 0 Å². The van der Waals surface area contributed by atoms with Crippen molar-refractivity contribution in [3.8, 4) is 11.3 Å². The summed E-state index contributed by atoms with van der Waals surface area (Å²) < 4.78 is 4.74. The third-order valence-electron chi connectivity index (χ3n) is 2.26. The van der Waals surface area contributed by atoms with Gasteiger partial charge in [0.15, 0.2) is 5.13 Å². The third kappa shape index (κ3) is 3.06. The van der Waals surface area contributed by atoms with E-state index in [4.69, 9.17) is 10.5 Å². The van der Waals surface area contributed by atoms with Crippen LogP contribution in [0.2, 0.25) is 0 Å². The van der Waals surface area contributed by atoms with Crippen LogP contribution in [0.3, 0.4) is 0 Å². The first-order valence-electron chi connectivity index (χ1n) is 5.29. The number of anilines is 2. The number of nitrogens with two attached hydrogens (primary N) is 1. The maximum Gasteiger partial charge on any atom is 0.250 e. The van der Waals surface area contributed by atoms with Crippen molar-refractivity contribution in [2.75, 3.05) is 24.8 Å². The Morgan fingerprint density at radius 3 is 2.72 bits per heavy atom. The van der Waals surface area contributed by atoms with Crippen LogP contribution < -0.4 is 11.1 Å². The maximum atomic E-state index is 11.3. The van der Waals surface area contributed by atoms with Crippen LogP contribution in [0.4, 0.5) is 10.8 Å². The van der Waals surface area contributed by atoms with Crippen LogP contribution in [-0.2, 0) is 9.53 Å². The predicted molar refractivity (Wildman–Crippen MR) is 72.5 cm³/mol. The molecule has 0 unspecified atom stereocenters. The number of aromatic nitrogens is 1. The van der Waals surface area contributed by atoms with E-state index in [0.717, 1.165) is 16.9 Å². The fraction of sp³-hybridized carbons (Fsp3) is 0.167. The molecule has 0 radical (unpaired) electrons. The highest BCUT2D eigenvalue weighted by molar-refractivity contribution is 7.13. The minimum Gasteiger partial charge on any atom is -0.375 e. The lowest BCUT2D eigenvalue weighted by atomic mass is 10.1. The van der Waals surface area contributed by atoms with Gasteiger partial charge in [-0.3, -0.25) is 4.79 Å². The van der Waals surface area contributed by atoms with Crippen molar-refractivity contribution >= 4 is 28.1 Å². The topological polar surface area (TPSA) is 77.2 Å². The Kier molecular flexibility index (Phi) is 3.91. The number of rotatable bonds is 4. The monoisotopic (exact) mass is 263 g/mol. The predicted octanol–water partition coefficient (Wildman–Crippen LogP) is 1.98. The van der Waals surface area contributed by atoms with Crippen molar-refractivity contribution in [2.24, 2.45) is 0 Å². The summed E-state index contributed by atoms with van der Waals surface area (Å²) in [6.45, 7) is 0.0460. The van der Waals surface area contributed by atoms with E-state index in [1.54, 1.807) is 0 Å². The Morgan fingerprint density at radius 1 is 1.44 bits per heavy atom. The lowest BCUT2D eigenvalue weighted by Crippen LogP contribution is -2.16. The van der Waals surface area contributed by atoms with E-state index in [2.05, 4.69) is 10.3 Å². The average molecular weight is 263 g/mol. The third-order valence-corrected chi connectivity index (χ3v) is 2.94. The van der Waals surface area contributed by atoms with Crippen LogP contribution in [0.1, 0.15) is 0 Å². The summed E-state index contributed by atoms with van der Waals surface area (Å²) in [4.78, 5) is 15.5. The van der Waals surface area contributed by atoms with Gasteiger partial charge in [0.2, 0.25) is 5.91 Å². The SMILES string of the molecule is COCC(=O)Nc1ccc(-c2csc(N)n2)cc1. The van der Waals surface area contributed by atoms with Crippen LogP contribution in [0.5, 0.6) is 0 Å². The molecule has 2 rings (SSSR count). The van der Waals surface area contributed by atoms with Crippen molar-refractivity contribution in [3.63, 3.8) is 0 Å². The average Bonchev–Trinajstić information content (AvgIpc) is 2.77. The van der Waals surface area contributed by atoms with E-state index in [1.807, 2.05) is 29.6 Å². The van der Waals surface area contributed by atoms with Gasteiger partial charge in [0.25, 0.3) is 0 Å². The summed E-state index contributed by atoms with van der Waals surface area (Å²) >= 11 is 1.40. The van der Waals surface area contributed by atoms with Crippen molar-refractivity contribution < 1.29 is 9.53 Å². The van der Waals surface area contributed by atoms with Crippen LogP contribution in [0.15, 0.2) is 29.6 Å². The molecular weight excluding hydrogens is 250 g/mol. The van der Waals surface area contributed by atoms with E-state index in [-0.39, 0.29) is 12.5 Å². The molecule has 0 atom stereocenters. The largest absolute Gasteiger partial charge is 0.375 e. The second-order valence-corrected chi connectivity index (χ2v) is 4.52. The van der Waals surface area contributed by atoms with Crippen LogP contribution >= 0.6 is 11.3 Å². The van der Waals surface area contributed by atoms with Gasteiger partial charge in [-0.1, -0.05) is 12.1 Å². The quantitative estimate of drug-likeness (QED) is 0.884. The number of nitrogens with zero attached hydrogens (tertiary/aromatic N) is 1. The molecule has 2 aromatic rings. The van der Waals surface area contributed by atoms with Gasteiger partial charge in [-0.15, -0.1) is 11.3 Å². The molecule has 1 aromatic heterocycles. The number of methoxy groups -OCH3 is 1. The molecule has 18 heavy (non-hydrogen) atoms. The van der Waals surface area contributed by atoms with Crippen molar-refractivity contribution in [1.82, 2.24) is 4.98 Å². The zero-order chi connectivity index (χ0) is 13.0. The summed E-state index contributed by atoms with van der Waals surface area (Å²) in [5.41, 5.74) is 8.11. The maximum absolute atomic E-state index is 11.3. The number of amides is 1. The summed E-state index contributed by atoms with van der Waals surface area (Å²) in [7, 11) is 1.48. The van der Waals surface area contributed by atoms with Crippen LogP contribution in [0, 0.1) is 0 Å². The number of carbonyl (C=O) groups excluding carboxylic acids is 1. The zero-order valence-corrected chi connectivity index (χ0v) is 10.7. The Bertz CT molecular complexity index is 537. The van der Waals surface area contributed by atoms with Gasteiger partial charge >= 0.3 is 0 Å². The number of thiazole rings is 1. The zero-order valence-electron chi connectivity index (χ0n) is 9.84. The number of ether oxygens (including phenoxy) is 1. The molecule has 1 heterocycles. The van der Waals surface area contributed by atoms with E-state index in [9.17, 15) is 4.79 Å². The molecule has 0 saturated heterocycles. The van der Waals surface area contributed by atoms with Gasteiger partial charge in [0.1, 0.15) is 6.61 Å². The van der Waals surface area contributed by atoms with Gasteiger partial charge in [0.05, 0.1) is 5.69 Å². The molecule has 6 heteroatoms. The lowest BCUT2D eigenvalue weighted by Gasteiger charge is -2.04. The molecule has 0 bridgehead atoms. The molecule has 3 N–H and O–H groups in total. The molecule has 0 fully saturated rings. The van der Waals surface area contributed by atoms with Gasteiger partial charge in [-0.25, -0.2) is 4.98 Å². The Hall–Kier alpha value is -1.92. The summed E-state index contributed by atoms with van der Waals surface area (Å²) in [6.07, 6.45) is 0. The highest BCUT2D eigenvalue weighted by Gasteiger charge is 2.04. The van der Waals surface area contributed by atoms with Gasteiger partial charge in [0, 0.05) is 23.7 Å². The fourth-order valence-corrected chi connectivity index (χ4v) is 2.04. The first-order chi connectivity index (χ1) is 8.69. The van der Waals surface area contributed by atoms with Crippen molar-refractivity contribution in [3.05, 3.63) is 29.6 Å². The standard InChI is InChI=1S/C12H13N3O2S/c1-17-6-11(16)14-9-4-2-8(3-5-9)10-7-18-12(13)15-10/h2-5,7H,6H2,1H3,(H2,13,15)(H,14,16). The Balaban J connectivity index is 2.08. The molecule has 1 amide bonds. The number of carbonyl (C=O) groups is 1. The minimum absolute atomic E-state index is 0.0460. The first-order valence-corrected chi connectivity index (χ1v) is 6.17.